The van der Waals surface area contributed by atoms with Crippen LogP contribution in [0.25, 0.3) is 11.0 Å². The molecule has 1 aliphatic heterocycles. The molecule has 0 bridgehead atoms. The average Bonchev–Trinajstić information content (AvgIpc) is 3.26. The van der Waals surface area contributed by atoms with Crippen molar-refractivity contribution < 1.29 is 13.2 Å². The first-order valence-electron chi connectivity index (χ1n) is 10.3. The highest BCUT2D eigenvalue weighted by Gasteiger charge is 2.34. The van der Waals surface area contributed by atoms with Crippen molar-refractivity contribution in [1.82, 2.24) is 18.4 Å². The van der Waals surface area contributed by atoms with Crippen LogP contribution >= 0.6 is 23.3 Å². The molecule has 32 heavy (non-hydrogen) atoms. The van der Waals surface area contributed by atoms with Crippen LogP contribution in [0.1, 0.15) is 13.8 Å². The van der Waals surface area contributed by atoms with Crippen molar-refractivity contribution in [3.8, 4) is 0 Å². The number of anilines is 1. The Morgan fingerprint density at radius 2 is 1.75 bits per heavy atom. The van der Waals surface area contributed by atoms with Crippen LogP contribution in [0.2, 0.25) is 5.02 Å². The van der Waals surface area contributed by atoms with Crippen LogP contribution in [-0.2, 0) is 14.8 Å². The number of carbonyl (C=O) groups excluding carboxylic acids is 1. The van der Waals surface area contributed by atoms with E-state index in [2.05, 4.69) is 18.4 Å². The Morgan fingerprint density at radius 1 is 1.06 bits per heavy atom. The molecule has 0 saturated carbocycles. The summed E-state index contributed by atoms with van der Waals surface area (Å²) in [4.78, 5) is 17.2. The minimum absolute atomic E-state index is 0.0368. The summed E-state index contributed by atoms with van der Waals surface area (Å²) in [6.45, 7) is 6.01. The molecule has 3 aromatic rings. The Balaban J connectivity index is 1.47. The summed E-state index contributed by atoms with van der Waals surface area (Å²) in [7, 11) is -3.96. The molecule has 1 aromatic heterocycles. The third-order valence-corrected chi connectivity index (χ3v) is 7.80. The van der Waals surface area contributed by atoms with Crippen molar-refractivity contribution in [1.29, 1.82) is 0 Å². The van der Waals surface area contributed by atoms with Crippen LogP contribution < -0.4 is 9.62 Å². The van der Waals surface area contributed by atoms with Crippen molar-refractivity contribution in [2.75, 3.05) is 31.1 Å². The number of nitrogens with one attached hydrogen (secondary N) is 1. The second-order valence-electron chi connectivity index (χ2n) is 8.02. The smallest absolute Gasteiger partial charge is 0.243 e. The van der Waals surface area contributed by atoms with Gasteiger partial charge in [-0.05, 0) is 42.3 Å². The third kappa shape index (κ3) is 4.73. The van der Waals surface area contributed by atoms with Gasteiger partial charge in [0, 0.05) is 36.9 Å². The van der Waals surface area contributed by atoms with E-state index in [1.54, 1.807) is 17.0 Å². The third-order valence-electron chi connectivity index (χ3n) is 5.54. The van der Waals surface area contributed by atoms with E-state index >= 15 is 0 Å². The maximum Gasteiger partial charge on any atom is 0.243 e. The number of amides is 1. The maximum atomic E-state index is 13.3. The molecule has 1 fully saturated rings. The molecule has 0 unspecified atom stereocenters. The molecule has 0 aliphatic carbocycles. The number of carbonyl (C=O) groups is 1. The summed E-state index contributed by atoms with van der Waals surface area (Å²) in [5.74, 6) is -0.442. The number of piperazine rings is 1. The lowest BCUT2D eigenvalue weighted by molar-refractivity contribution is -0.134. The van der Waals surface area contributed by atoms with E-state index in [9.17, 15) is 13.2 Å². The van der Waals surface area contributed by atoms with E-state index in [-0.39, 0.29) is 16.7 Å². The number of fused-ring (bicyclic) bond motifs is 1. The quantitative estimate of drug-likeness (QED) is 0.567. The molecule has 1 N–H and O–H groups in total. The van der Waals surface area contributed by atoms with Crippen LogP contribution in [0.15, 0.2) is 47.4 Å². The standard InChI is InChI=1S/C21H24ClN5O3S2/c1-14(2)19(25-32(29,30)18-5-3-4-17-20(18)24-31-23-17)21(28)27-12-10-26(11-13-27)16-8-6-15(22)7-9-16/h3-9,14,19,25H,10-13H2,1-2H3/t19-/m1/s1. The fourth-order valence-electron chi connectivity index (χ4n) is 3.73. The number of rotatable bonds is 6. The SMILES string of the molecule is CC(C)[C@@H](NS(=O)(=O)c1cccc2nsnc12)C(=O)N1CCN(c2ccc(Cl)cc2)CC1. The monoisotopic (exact) mass is 493 g/mol. The summed E-state index contributed by atoms with van der Waals surface area (Å²) < 4.78 is 37.1. The number of hydrogen-bond acceptors (Lipinski definition) is 7. The molecular formula is C21H24ClN5O3S2. The van der Waals surface area contributed by atoms with Gasteiger partial charge >= 0.3 is 0 Å². The van der Waals surface area contributed by atoms with Crippen molar-refractivity contribution in [3.63, 3.8) is 0 Å². The van der Waals surface area contributed by atoms with Crippen molar-refractivity contribution in [3.05, 3.63) is 47.5 Å². The predicted molar refractivity (Wildman–Crippen MR) is 127 cm³/mol. The van der Waals surface area contributed by atoms with Gasteiger partial charge in [-0.3, -0.25) is 4.79 Å². The molecule has 4 rings (SSSR count). The molecule has 8 nitrogen and oxygen atoms in total. The Kier molecular flexibility index (Phi) is 6.66. The lowest BCUT2D eigenvalue weighted by Gasteiger charge is -2.38. The summed E-state index contributed by atoms with van der Waals surface area (Å²) in [5.41, 5.74) is 1.88. The predicted octanol–water partition coefficient (Wildman–Crippen LogP) is 3.00. The van der Waals surface area contributed by atoms with Crippen LogP contribution in [-0.4, -0.2) is 60.2 Å². The van der Waals surface area contributed by atoms with E-state index in [0.29, 0.717) is 42.2 Å². The Hall–Kier alpha value is -2.27. The van der Waals surface area contributed by atoms with Gasteiger partial charge in [-0.1, -0.05) is 31.5 Å². The van der Waals surface area contributed by atoms with Gasteiger partial charge in [0.15, 0.2) is 0 Å². The Morgan fingerprint density at radius 3 is 2.41 bits per heavy atom. The molecular weight excluding hydrogens is 470 g/mol. The molecule has 0 spiro atoms. The van der Waals surface area contributed by atoms with Gasteiger partial charge in [0.2, 0.25) is 15.9 Å². The number of sulfonamides is 1. The second kappa shape index (κ2) is 9.30. The summed E-state index contributed by atoms with van der Waals surface area (Å²) in [5, 5.41) is 0.679. The second-order valence-corrected chi connectivity index (χ2v) is 10.7. The number of nitrogens with zero attached hydrogens (tertiary/aromatic N) is 4. The van der Waals surface area contributed by atoms with Gasteiger partial charge in [-0.25, -0.2) is 8.42 Å². The first-order chi connectivity index (χ1) is 15.3. The lowest BCUT2D eigenvalue weighted by Crippen LogP contribution is -2.56. The van der Waals surface area contributed by atoms with Gasteiger partial charge < -0.3 is 9.80 Å². The fraction of sp³-hybridized carbons (Fsp3) is 0.381. The van der Waals surface area contributed by atoms with Crippen molar-refractivity contribution in [2.24, 2.45) is 5.92 Å². The largest absolute Gasteiger partial charge is 0.368 e. The number of halogens is 1. The highest BCUT2D eigenvalue weighted by Crippen LogP contribution is 2.23. The zero-order chi connectivity index (χ0) is 22.9. The zero-order valence-electron chi connectivity index (χ0n) is 17.7. The molecule has 2 heterocycles. The van der Waals surface area contributed by atoms with E-state index < -0.39 is 16.1 Å². The molecule has 2 aromatic carbocycles. The Labute approximate surface area is 196 Å². The molecule has 11 heteroatoms. The lowest BCUT2D eigenvalue weighted by atomic mass is 10.0. The van der Waals surface area contributed by atoms with Gasteiger partial charge in [-0.2, -0.15) is 13.5 Å². The number of hydrogen-bond donors (Lipinski definition) is 1. The van der Waals surface area contributed by atoms with Gasteiger partial charge in [0.25, 0.3) is 0 Å². The van der Waals surface area contributed by atoms with E-state index in [1.807, 2.05) is 38.1 Å². The van der Waals surface area contributed by atoms with E-state index in [1.165, 1.54) is 6.07 Å². The van der Waals surface area contributed by atoms with Gasteiger partial charge in [0.05, 0.1) is 11.7 Å². The summed E-state index contributed by atoms with van der Waals surface area (Å²) in [6.07, 6.45) is 0. The molecule has 1 atom stereocenters. The fourth-order valence-corrected chi connectivity index (χ4v) is 5.96. The molecule has 1 aliphatic rings. The topological polar surface area (TPSA) is 95.5 Å². The highest BCUT2D eigenvalue weighted by molar-refractivity contribution is 7.89. The van der Waals surface area contributed by atoms with Crippen LogP contribution in [0.3, 0.4) is 0 Å². The molecule has 0 radical (unpaired) electrons. The van der Waals surface area contributed by atoms with Gasteiger partial charge in [0.1, 0.15) is 22.0 Å². The molecule has 170 valence electrons. The Bertz CT molecular complexity index is 1210. The van der Waals surface area contributed by atoms with Gasteiger partial charge in [-0.15, -0.1) is 0 Å². The molecule has 1 saturated heterocycles. The van der Waals surface area contributed by atoms with Crippen molar-refractivity contribution in [2.45, 2.75) is 24.8 Å². The van der Waals surface area contributed by atoms with Crippen molar-refractivity contribution >= 4 is 56.0 Å². The van der Waals surface area contributed by atoms with E-state index in [4.69, 9.17) is 11.6 Å². The summed E-state index contributed by atoms with van der Waals surface area (Å²) in [6, 6.07) is 11.6. The number of benzene rings is 2. The van der Waals surface area contributed by atoms with Crippen LogP contribution in [0.4, 0.5) is 5.69 Å². The van der Waals surface area contributed by atoms with Crippen LogP contribution in [0.5, 0.6) is 0 Å². The average molecular weight is 494 g/mol. The maximum absolute atomic E-state index is 13.3. The first kappa shape index (κ1) is 22.9. The molecule has 1 amide bonds. The first-order valence-corrected chi connectivity index (χ1v) is 12.9. The minimum Gasteiger partial charge on any atom is -0.368 e. The van der Waals surface area contributed by atoms with E-state index in [0.717, 1.165) is 17.4 Å². The zero-order valence-corrected chi connectivity index (χ0v) is 20.1. The number of aromatic nitrogens is 2. The normalized spacial score (nSPS) is 16.0. The van der Waals surface area contributed by atoms with Crippen LogP contribution in [0, 0.1) is 5.92 Å². The minimum atomic E-state index is -3.96. The highest BCUT2D eigenvalue weighted by atomic mass is 35.5. The summed E-state index contributed by atoms with van der Waals surface area (Å²) >= 11 is 6.93.